The van der Waals surface area contributed by atoms with Gasteiger partial charge < -0.3 is 14.5 Å². The molecule has 0 saturated carbocycles. The Morgan fingerprint density at radius 3 is 2.61 bits per heavy atom. The predicted octanol–water partition coefficient (Wildman–Crippen LogP) is 1.97. The van der Waals surface area contributed by atoms with Crippen LogP contribution in [0.3, 0.4) is 0 Å². The van der Waals surface area contributed by atoms with E-state index in [0.717, 1.165) is 24.6 Å². The lowest BCUT2D eigenvalue weighted by Gasteiger charge is -2.17. The maximum Gasteiger partial charge on any atom is 0.351 e. The van der Waals surface area contributed by atoms with Crippen LogP contribution in [-0.4, -0.2) is 57.2 Å². The van der Waals surface area contributed by atoms with Crippen molar-refractivity contribution in [1.29, 1.82) is 0 Å². The Morgan fingerprint density at radius 2 is 2.06 bits per heavy atom. The van der Waals surface area contributed by atoms with Crippen LogP contribution in [0.15, 0.2) is 0 Å². The van der Waals surface area contributed by atoms with Gasteiger partial charge in [0.1, 0.15) is 0 Å². The molecule has 1 aromatic rings. The molecule has 0 N–H and O–H groups in total. The summed E-state index contributed by atoms with van der Waals surface area (Å²) in [7, 11) is 7.34. The summed E-state index contributed by atoms with van der Waals surface area (Å²) in [5, 5.41) is 0.945. The van der Waals surface area contributed by atoms with Crippen LogP contribution >= 0.6 is 22.9 Å². The van der Waals surface area contributed by atoms with Crippen LogP contribution < -0.4 is 4.90 Å². The minimum atomic E-state index is -0.439. The van der Waals surface area contributed by atoms with E-state index in [1.807, 2.05) is 26.0 Å². The lowest BCUT2D eigenvalue weighted by Crippen LogP contribution is -2.23. The largest absolute Gasteiger partial charge is 0.465 e. The minimum absolute atomic E-state index is 0.210. The topological polar surface area (TPSA) is 45.7 Å². The molecule has 0 spiro atoms. The van der Waals surface area contributed by atoms with Gasteiger partial charge in [0, 0.05) is 13.6 Å². The van der Waals surface area contributed by atoms with Gasteiger partial charge in [-0.05, 0) is 27.1 Å². The zero-order valence-electron chi connectivity index (χ0n) is 11.1. The van der Waals surface area contributed by atoms with Crippen molar-refractivity contribution in [2.24, 2.45) is 0 Å². The van der Waals surface area contributed by atoms with Crippen molar-refractivity contribution in [3.8, 4) is 0 Å². The van der Waals surface area contributed by atoms with E-state index >= 15 is 0 Å². The van der Waals surface area contributed by atoms with Gasteiger partial charge in [0.25, 0.3) is 0 Å². The maximum absolute atomic E-state index is 11.4. The van der Waals surface area contributed by atoms with Gasteiger partial charge in [0.2, 0.25) is 0 Å². The van der Waals surface area contributed by atoms with Gasteiger partial charge in [-0.2, -0.15) is 0 Å². The normalized spacial score (nSPS) is 10.8. The van der Waals surface area contributed by atoms with Crippen molar-refractivity contribution in [1.82, 2.24) is 9.88 Å². The fourth-order valence-corrected chi connectivity index (χ4v) is 2.58. The van der Waals surface area contributed by atoms with Crippen LogP contribution in [0.25, 0.3) is 0 Å². The number of hydrogen-bond donors (Lipinski definition) is 0. The average molecular weight is 292 g/mol. The molecule has 18 heavy (non-hydrogen) atoms. The van der Waals surface area contributed by atoms with Crippen LogP contribution in [0.2, 0.25) is 5.15 Å². The second-order valence-corrected chi connectivity index (χ2v) is 5.52. The van der Waals surface area contributed by atoms with Crippen LogP contribution in [-0.2, 0) is 4.74 Å². The number of anilines is 1. The molecule has 0 unspecified atom stereocenters. The molecule has 0 bridgehead atoms. The van der Waals surface area contributed by atoms with Gasteiger partial charge in [0.15, 0.2) is 15.2 Å². The van der Waals surface area contributed by atoms with E-state index in [9.17, 15) is 4.79 Å². The van der Waals surface area contributed by atoms with Crippen molar-refractivity contribution >= 4 is 34.0 Å². The molecular weight excluding hydrogens is 274 g/mol. The summed E-state index contributed by atoms with van der Waals surface area (Å²) in [6.45, 7) is 1.87. The molecule has 7 heteroatoms. The third kappa shape index (κ3) is 4.12. The highest BCUT2D eigenvalue weighted by atomic mass is 35.5. The first-order valence-electron chi connectivity index (χ1n) is 5.56. The zero-order chi connectivity index (χ0) is 13.7. The number of aromatic nitrogens is 1. The molecular formula is C11H18ClN3O2S. The van der Waals surface area contributed by atoms with E-state index in [1.165, 1.54) is 18.4 Å². The number of rotatable bonds is 6. The number of carbonyl (C=O) groups is 1. The number of thiazole rings is 1. The number of ether oxygens (including phenoxy) is 1. The van der Waals surface area contributed by atoms with E-state index in [2.05, 4.69) is 14.6 Å². The first-order chi connectivity index (χ1) is 8.45. The van der Waals surface area contributed by atoms with Crippen LogP contribution in [0.4, 0.5) is 5.13 Å². The minimum Gasteiger partial charge on any atom is -0.465 e. The molecule has 0 aromatic carbocycles. The van der Waals surface area contributed by atoms with Gasteiger partial charge >= 0.3 is 5.97 Å². The highest BCUT2D eigenvalue weighted by Gasteiger charge is 2.18. The van der Waals surface area contributed by atoms with Gasteiger partial charge in [-0.3, -0.25) is 0 Å². The smallest absolute Gasteiger partial charge is 0.351 e. The number of nitrogens with zero attached hydrogens (tertiary/aromatic N) is 3. The van der Waals surface area contributed by atoms with Gasteiger partial charge in [-0.15, -0.1) is 0 Å². The number of carbonyl (C=O) groups excluding carboxylic acids is 1. The Bertz CT molecular complexity index is 409. The zero-order valence-corrected chi connectivity index (χ0v) is 12.6. The molecule has 0 saturated heterocycles. The highest BCUT2D eigenvalue weighted by Crippen LogP contribution is 2.29. The van der Waals surface area contributed by atoms with E-state index in [-0.39, 0.29) is 5.15 Å². The molecule has 0 fully saturated rings. The Kier molecular flexibility index (Phi) is 5.84. The lowest BCUT2D eigenvalue weighted by molar-refractivity contribution is 0.0606. The van der Waals surface area contributed by atoms with E-state index in [4.69, 9.17) is 11.6 Å². The standard InChI is InChI=1S/C11H18ClN3O2S/c1-14(2)6-5-7-15(3)11-13-9(12)8(18-11)10(16)17-4/h5-7H2,1-4H3. The molecule has 102 valence electrons. The molecule has 0 aliphatic rings. The molecule has 0 aliphatic carbocycles. The average Bonchev–Trinajstić information content (AvgIpc) is 2.70. The summed E-state index contributed by atoms with van der Waals surface area (Å²) in [4.78, 5) is 20.1. The van der Waals surface area contributed by atoms with Crippen molar-refractivity contribution in [3.05, 3.63) is 10.0 Å². The predicted molar refractivity (Wildman–Crippen MR) is 74.9 cm³/mol. The summed E-state index contributed by atoms with van der Waals surface area (Å²) < 4.78 is 4.64. The summed E-state index contributed by atoms with van der Waals surface area (Å²) in [6.07, 6.45) is 1.02. The highest BCUT2D eigenvalue weighted by molar-refractivity contribution is 7.18. The van der Waals surface area contributed by atoms with E-state index < -0.39 is 5.97 Å². The molecule has 1 heterocycles. The molecule has 1 rings (SSSR count). The summed E-state index contributed by atoms with van der Waals surface area (Å²) in [5.41, 5.74) is 0. The molecule has 0 atom stereocenters. The maximum atomic E-state index is 11.4. The Hall–Kier alpha value is -0.850. The monoisotopic (exact) mass is 291 g/mol. The molecule has 0 radical (unpaired) electrons. The second kappa shape index (κ2) is 6.92. The Balaban J connectivity index is 2.63. The molecule has 0 aliphatic heterocycles. The lowest BCUT2D eigenvalue weighted by atomic mass is 10.4. The van der Waals surface area contributed by atoms with Crippen LogP contribution in [0.1, 0.15) is 16.1 Å². The van der Waals surface area contributed by atoms with Crippen molar-refractivity contribution in [3.63, 3.8) is 0 Å². The summed E-state index contributed by atoms with van der Waals surface area (Å²) in [6, 6.07) is 0. The Labute approximate surface area is 116 Å². The third-order valence-corrected chi connectivity index (χ3v) is 3.91. The molecule has 0 amide bonds. The van der Waals surface area contributed by atoms with Gasteiger partial charge in [-0.1, -0.05) is 22.9 Å². The number of esters is 1. The molecule has 1 aromatic heterocycles. The number of hydrogen-bond acceptors (Lipinski definition) is 6. The fraction of sp³-hybridized carbons (Fsp3) is 0.636. The number of methoxy groups -OCH3 is 1. The van der Waals surface area contributed by atoms with Crippen molar-refractivity contribution in [2.45, 2.75) is 6.42 Å². The van der Waals surface area contributed by atoms with E-state index in [0.29, 0.717) is 4.88 Å². The third-order valence-electron chi connectivity index (χ3n) is 2.37. The van der Waals surface area contributed by atoms with Gasteiger partial charge in [-0.25, -0.2) is 9.78 Å². The number of halogens is 1. The first kappa shape index (κ1) is 15.2. The first-order valence-corrected chi connectivity index (χ1v) is 6.75. The second-order valence-electron chi connectivity index (χ2n) is 4.19. The summed E-state index contributed by atoms with van der Waals surface area (Å²) >= 11 is 7.16. The summed E-state index contributed by atoms with van der Waals surface area (Å²) in [5.74, 6) is -0.439. The van der Waals surface area contributed by atoms with Crippen LogP contribution in [0, 0.1) is 0 Å². The quantitative estimate of drug-likeness (QED) is 0.750. The Morgan fingerprint density at radius 1 is 1.39 bits per heavy atom. The molecule has 5 nitrogen and oxygen atoms in total. The van der Waals surface area contributed by atoms with Gasteiger partial charge in [0.05, 0.1) is 7.11 Å². The fourth-order valence-electron chi connectivity index (χ4n) is 1.39. The van der Waals surface area contributed by atoms with E-state index in [1.54, 1.807) is 0 Å². The van der Waals surface area contributed by atoms with Crippen LogP contribution in [0.5, 0.6) is 0 Å². The SMILES string of the molecule is COC(=O)c1sc(N(C)CCCN(C)C)nc1Cl. The van der Waals surface area contributed by atoms with Crippen molar-refractivity contribution < 1.29 is 9.53 Å². The van der Waals surface area contributed by atoms with Crippen molar-refractivity contribution in [2.75, 3.05) is 46.2 Å².